The molecular formula is C19H26FN3O2. The van der Waals surface area contributed by atoms with Gasteiger partial charge < -0.3 is 9.80 Å². The maximum Gasteiger partial charge on any atom is 0.236 e. The molecule has 0 aromatic heterocycles. The van der Waals surface area contributed by atoms with Crippen molar-refractivity contribution in [2.45, 2.75) is 25.3 Å². The van der Waals surface area contributed by atoms with Gasteiger partial charge in [0.1, 0.15) is 5.82 Å². The molecule has 2 atom stereocenters. The number of carbonyl (C=O) groups is 2. The third kappa shape index (κ3) is 4.18. The minimum Gasteiger partial charge on any atom is -0.348 e. The average Bonchev–Trinajstić information content (AvgIpc) is 2.87. The van der Waals surface area contributed by atoms with Gasteiger partial charge in [-0.2, -0.15) is 0 Å². The zero-order chi connectivity index (χ0) is 18.0. The zero-order valence-corrected chi connectivity index (χ0v) is 14.9. The molecule has 3 heterocycles. The van der Waals surface area contributed by atoms with E-state index in [2.05, 4.69) is 4.90 Å². The molecule has 3 saturated heterocycles. The number of fused-ring (bicyclic) bond motifs is 4. The molecule has 0 saturated carbocycles. The SMILES string of the molecule is CN(C)C(=O)CN1C[C@H]2CC[C@@H](C1)N(C(=O)Cc1ccccc1F)C2. The van der Waals surface area contributed by atoms with Gasteiger partial charge in [-0.05, 0) is 30.4 Å². The molecule has 3 aliphatic rings. The Balaban J connectivity index is 1.67. The van der Waals surface area contributed by atoms with Crippen molar-refractivity contribution < 1.29 is 14.0 Å². The van der Waals surface area contributed by atoms with Crippen molar-refractivity contribution in [3.63, 3.8) is 0 Å². The summed E-state index contributed by atoms with van der Waals surface area (Å²) in [6.07, 6.45) is 2.15. The Labute approximate surface area is 148 Å². The molecule has 1 aromatic rings. The number of carbonyl (C=O) groups excluding carboxylic acids is 2. The van der Waals surface area contributed by atoms with Crippen LogP contribution in [0.1, 0.15) is 18.4 Å². The summed E-state index contributed by atoms with van der Waals surface area (Å²) in [5, 5.41) is 0. The van der Waals surface area contributed by atoms with Gasteiger partial charge in [-0.1, -0.05) is 18.2 Å². The summed E-state index contributed by atoms with van der Waals surface area (Å²) in [4.78, 5) is 30.5. The standard InChI is InChI=1S/C19H26FN3O2/c1-21(2)19(25)13-22-10-14-7-8-16(12-22)23(11-14)18(24)9-15-5-3-4-6-17(15)20/h3-6,14,16H,7-13H2,1-2H3/t14-,16+/m1/s1. The van der Waals surface area contributed by atoms with Crippen LogP contribution in [0.4, 0.5) is 4.39 Å². The first-order valence-electron chi connectivity index (χ1n) is 8.89. The molecule has 2 bridgehead atoms. The van der Waals surface area contributed by atoms with Crippen LogP contribution in [0.5, 0.6) is 0 Å². The Kier molecular flexibility index (Phi) is 5.37. The summed E-state index contributed by atoms with van der Waals surface area (Å²) >= 11 is 0. The van der Waals surface area contributed by atoms with Gasteiger partial charge in [-0.25, -0.2) is 4.39 Å². The van der Waals surface area contributed by atoms with E-state index in [-0.39, 0.29) is 30.1 Å². The van der Waals surface area contributed by atoms with Crippen LogP contribution in [0.25, 0.3) is 0 Å². The number of piperidine rings is 1. The van der Waals surface area contributed by atoms with E-state index in [9.17, 15) is 14.0 Å². The van der Waals surface area contributed by atoms with Gasteiger partial charge in [-0.15, -0.1) is 0 Å². The summed E-state index contributed by atoms with van der Waals surface area (Å²) in [5.74, 6) is 0.137. The quantitative estimate of drug-likeness (QED) is 0.827. The fourth-order valence-corrected chi connectivity index (χ4v) is 3.85. The number of benzene rings is 1. The Morgan fingerprint density at radius 1 is 1.16 bits per heavy atom. The van der Waals surface area contributed by atoms with Gasteiger partial charge in [0.05, 0.1) is 13.0 Å². The third-order valence-electron chi connectivity index (χ3n) is 5.27. The molecule has 0 spiro atoms. The van der Waals surface area contributed by atoms with Crippen LogP contribution >= 0.6 is 0 Å². The van der Waals surface area contributed by atoms with Crippen LogP contribution in [-0.2, 0) is 16.0 Å². The van der Waals surface area contributed by atoms with Crippen molar-refractivity contribution in [1.82, 2.24) is 14.7 Å². The van der Waals surface area contributed by atoms with E-state index in [1.807, 2.05) is 4.90 Å². The molecule has 0 unspecified atom stereocenters. The molecule has 2 amide bonds. The van der Waals surface area contributed by atoms with Gasteiger partial charge >= 0.3 is 0 Å². The van der Waals surface area contributed by atoms with E-state index >= 15 is 0 Å². The minimum atomic E-state index is -0.325. The number of rotatable bonds is 4. The Bertz CT molecular complexity index is 649. The highest BCUT2D eigenvalue weighted by Gasteiger charge is 2.37. The molecule has 0 aliphatic carbocycles. The van der Waals surface area contributed by atoms with Crippen molar-refractivity contribution in [2.75, 3.05) is 40.3 Å². The number of amides is 2. The van der Waals surface area contributed by atoms with Crippen LogP contribution in [-0.4, -0.2) is 72.8 Å². The Hall–Kier alpha value is -1.95. The third-order valence-corrected chi connectivity index (χ3v) is 5.27. The Morgan fingerprint density at radius 2 is 1.92 bits per heavy atom. The monoisotopic (exact) mass is 347 g/mol. The predicted octanol–water partition coefficient (Wildman–Crippen LogP) is 1.38. The number of likely N-dealkylation sites (N-methyl/N-ethyl adjacent to an activating group) is 1. The molecule has 5 nitrogen and oxygen atoms in total. The van der Waals surface area contributed by atoms with Crippen molar-refractivity contribution in [2.24, 2.45) is 5.92 Å². The second-order valence-electron chi connectivity index (χ2n) is 7.39. The van der Waals surface area contributed by atoms with Gasteiger partial charge in [0, 0.05) is 39.8 Å². The van der Waals surface area contributed by atoms with Gasteiger partial charge in [0.25, 0.3) is 0 Å². The summed E-state index contributed by atoms with van der Waals surface area (Å²) < 4.78 is 13.8. The maximum atomic E-state index is 13.8. The highest BCUT2D eigenvalue weighted by atomic mass is 19.1. The lowest BCUT2D eigenvalue weighted by molar-refractivity contribution is -0.134. The van der Waals surface area contributed by atoms with E-state index in [0.29, 0.717) is 24.6 Å². The van der Waals surface area contributed by atoms with E-state index in [4.69, 9.17) is 0 Å². The van der Waals surface area contributed by atoms with E-state index in [1.54, 1.807) is 37.2 Å². The van der Waals surface area contributed by atoms with E-state index in [1.165, 1.54) is 6.07 Å². The van der Waals surface area contributed by atoms with Crippen LogP contribution in [0.3, 0.4) is 0 Å². The lowest BCUT2D eigenvalue weighted by Gasteiger charge is -2.36. The molecule has 0 N–H and O–H groups in total. The topological polar surface area (TPSA) is 43.9 Å². The molecule has 4 rings (SSSR count). The highest BCUT2D eigenvalue weighted by molar-refractivity contribution is 5.79. The molecule has 136 valence electrons. The summed E-state index contributed by atoms with van der Waals surface area (Å²) in [6, 6.07) is 6.58. The predicted molar refractivity (Wildman–Crippen MR) is 93.5 cm³/mol. The van der Waals surface area contributed by atoms with Crippen LogP contribution in [0, 0.1) is 11.7 Å². The maximum absolute atomic E-state index is 13.8. The molecule has 3 aliphatic heterocycles. The number of hydrogen-bond donors (Lipinski definition) is 0. The molecule has 1 aromatic carbocycles. The fourth-order valence-electron chi connectivity index (χ4n) is 3.85. The van der Waals surface area contributed by atoms with Crippen molar-refractivity contribution in [1.29, 1.82) is 0 Å². The largest absolute Gasteiger partial charge is 0.348 e. The first-order valence-corrected chi connectivity index (χ1v) is 8.89. The summed E-state index contributed by atoms with van der Waals surface area (Å²) in [6.45, 7) is 2.68. The molecule has 0 radical (unpaired) electrons. The van der Waals surface area contributed by atoms with E-state index < -0.39 is 0 Å². The lowest BCUT2D eigenvalue weighted by Crippen LogP contribution is -2.48. The van der Waals surface area contributed by atoms with Crippen molar-refractivity contribution in [3.05, 3.63) is 35.6 Å². The normalized spacial score (nSPS) is 23.4. The van der Waals surface area contributed by atoms with Gasteiger partial charge in [-0.3, -0.25) is 14.5 Å². The average molecular weight is 347 g/mol. The van der Waals surface area contributed by atoms with Gasteiger partial charge in [0.15, 0.2) is 0 Å². The highest BCUT2D eigenvalue weighted by Crippen LogP contribution is 2.28. The van der Waals surface area contributed by atoms with Gasteiger partial charge in [0.2, 0.25) is 11.8 Å². The number of nitrogens with zero attached hydrogens (tertiary/aromatic N) is 3. The molecule has 6 heteroatoms. The number of hydrogen-bond acceptors (Lipinski definition) is 3. The lowest BCUT2D eigenvalue weighted by atomic mass is 9.94. The molecular weight excluding hydrogens is 321 g/mol. The summed E-state index contributed by atoms with van der Waals surface area (Å²) in [7, 11) is 3.53. The first-order chi connectivity index (χ1) is 11.9. The zero-order valence-electron chi connectivity index (χ0n) is 14.9. The van der Waals surface area contributed by atoms with Crippen LogP contribution in [0.15, 0.2) is 24.3 Å². The van der Waals surface area contributed by atoms with E-state index in [0.717, 1.165) is 25.9 Å². The first kappa shape index (κ1) is 17.9. The minimum absolute atomic E-state index is 0.0133. The molecule has 25 heavy (non-hydrogen) atoms. The second-order valence-corrected chi connectivity index (χ2v) is 7.39. The fraction of sp³-hybridized carbons (Fsp3) is 0.579. The van der Waals surface area contributed by atoms with Crippen LogP contribution in [0.2, 0.25) is 0 Å². The smallest absolute Gasteiger partial charge is 0.236 e. The van der Waals surface area contributed by atoms with Crippen LogP contribution < -0.4 is 0 Å². The number of halogens is 1. The Morgan fingerprint density at radius 3 is 2.64 bits per heavy atom. The second kappa shape index (κ2) is 7.52. The van der Waals surface area contributed by atoms with Crippen molar-refractivity contribution >= 4 is 11.8 Å². The van der Waals surface area contributed by atoms with Crippen molar-refractivity contribution in [3.8, 4) is 0 Å². The summed E-state index contributed by atoms with van der Waals surface area (Å²) in [5.41, 5.74) is 0.451. The molecule has 3 fully saturated rings.